The van der Waals surface area contributed by atoms with Crippen molar-refractivity contribution in [1.82, 2.24) is 9.62 Å². The number of nitrogens with one attached hydrogen (secondary N) is 1. The van der Waals surface area contributed by atoms with Gasteiger partial charge in [-0.05, 0) is 42.3 Å². The van der Waals surface area contributed by atoms with Gasteiger partial charge in [0.25, 0.3) is 5.91 Å². The van der Waals surface area contributed by atoms with Crippen molar-refractivity contribution in [2.75, 3.05) is 19.6 Å². The zero-order chi connectivity index (χ0) is 20.0. The van der Waals surface area contributed by atoms with Crippen LogP contribution in [0.2, 0.25) is 0 Å². The summed E-state index contributed by atoms with van der Waals surface area (Å²) in [5.74, 6) is -1.91. The van der Waals surface area contributed by atoms with Gasteiger partial charge in [0.05, 0.1) is 10.5 Å². The van der Waals surface area contributed by atoms with Gasteiger partial charge < -0.3 is 5.32 Å². The second kappa shape index (κ2) is 9.05. The molecule has 0 spiro atoms. The van der Waals surface area contributed by atoms with E-state index in [0.29, 0.717) is 12.0 Å². The summed E-state index contributed by atoms with van der Waals surface area (Å²) >= 11 is 0. The van der Waals surface area contributed by atoms with E-state index in [4.69, 9.17) is 0 Å². The highest BCUT2D eigenvalue weighted by atomic mass is 32.2. The molecule has 2 rings (SSSR count). The van der Waals surface area contributed by atoms with Crippen LogP contribution in [-0.2, 0) is 16.4 Å². The molecule has 1 amide bonds. The first-order valence-corrected chi connectivity index (χ1v) is 10.1. The van der Waals surface area contributed by atoms with Crippen LogP contribution < -0.4 is 5.32 Å². The van der Waals surface area contributed by atoms with Crippen molar-refractivity contribution >= 4 is 15.9 Å². The molecule has 0 aliphatic heterocycles. The molecule has 2 aromatic carbocycles. The maximum atomic E-state index is 14.1. The minimum absolute atomic E-state index is 0.136. The highest BCUT2D eigenvalue weighted by molar-refractivity contribution is 7.89. The Bertz CT molecular complexity index is 913. The summed E-state index contributed by atoms with van der Waals surface area (Å²) in [6.45, 7) is 4.10. The van der Waals surface area contributed by atoms with Gasteiger partial charge in [0.15, 0.2) is 0 Å². The monoisotopic (exact) mass is 396 g/mol. The molecule has 0 aliphatic rings. The molecule has 0 bridgehead atoms. The molecule has 1 N–H and O–H groups in total. The largest absolute Gasteiger partial charge is 0.352 e. The van der Waals surface area contributed by atoms with Gasteiger partial charge in [-0.15, -0.1) is 0 Å². The van der Waals surface area contributed by atoms with Crippen LogP contribution in [0, 0.1) is 11.6 Å². The Kier molecular flexibility index (Phi) is 7.04. The average molecular weight is 396 g/mol. The molecule has 2 aromatic rings. The molecule has 0 aromatic heterocycles. The maximum absolute atomic E-state index is 14.1. The van der Waals surface area contributed by atoms with E-state index in [9.17, 15) is 22.0 Å². The van der Waals surface area contributed by atoms with E-state index in [0.717, 1.165) is 18.2 Å². The number of sulfonamides is 1. The SMILES string of the molecule is CCN(CC)S(=O)(=O)c1ccc(F)c(C(=O)NCCc2cccc(F)c2)c1. The summed E-state index contributed by atoms with van der Waals surface area (Å²) in [5.41, 5.74) is 0.344. The molecule has 27 heavy (non-hydrogen) atoms. The molecule has 0 saturated carbocycles. The second-order valence-corrected chi connectivity index (χ2v) is 7.80. The van der Waals surface area contributed by atoms with Crippen molar-refractivity contribution in [3.05, 3.63) is 65.2 Å². The Labute approximate surface area is 158 Å². The second-order valence-electron chi connectivity index (χ2n) is 5.87. The van der Waals surface area contributed by atoms with E-state index < -0.39 is 21.7 Å². The minimum Gasteiger partial charge on any atom is -0.352 e. The van der Waals surface area contributed by atoms with Crippen LogP contribution in [-0.4, -0.2) is 38.3 Å². The fraction of sp³-hybridized carbons (Fsp3) is 0.316. The van der Waals surface area contributed by atoms with Crippen molar-refractivity contribution < 1.29 is 22.0 Å². The van der Waals surface area contributed by atoms with E-state index in [1.165, 1.54) is 16.4 Å². The lowest BCUT2D eigenvalue weighted by molar-refractivity contribution is 0.0950. The van der Waals surface area contributed by atoms with Crippen molar-refractivity contribution in [2.45, 2.75) is 25.2 Å². The summed E-state index contributed by atoms with van der Waals surface area (Å²) in [6, 6.07) is 9.11. The van der Waals surface area contributed by atoms with Crippen LogP contribution in [0.3, 0.4) is 0 Å². The van der Waals surface area contributed by atoms with Gasteiger partial charge in [-0.1, -0.05) is 26.0 Å². The summed E-state index contributed by atoms with van der Waals surface area (Å²) < 4.78 is 53.5. The van der Waals surface area contributed by atoms with Crippen molar-refractivity contribution in [3.63, 3.8) is 0 Å². The summed E-state index contributed by atoms with van der Waals surface area (Å²) in [4.78, 5) is 12.1. The summed E-state index contributed by atoms with van der Waals surface area (Å²) in [6.07, 6.45) is 0.364. The van der Waals surface area contributed by atoms with Crippen LogP contribution in [0.25, 0.3) is 0 Å². The first-order chi connectivity index (χ1) is 12.8. The Balaban J connectivity index is 2.14. The number of hydrogen-bond donors (Lipinski definition) is 1. The predicted molar refractivity (Wildman–Crippen MR) is 98.9 cm³/mol. The predicted octanol–water partition coefficient (Wildman–Crippen LogP) is 2.97. The summed E-state index contributed by atoms with van der Waals surface area (Å²) in [5, 5.41) is 2.53. The Hall–Kier alpha value is -2.32. The molecule has 0 unspecified atom stereocenters. The first kappa shape index (κ1) is 21.0. The highest BCUT2D eigenvalue weighted by Crippen LogP contribution is 2.19. The van der Waals surface area contributed by atoms with Crippen molar-refractivity contribution in [1.29, 1.82) is 0 Å². The average Bonchev–Trinajstić information content (AvgIpc) is 2.62. The van der Waals surface area contributed by atoms with Gasteiger partial charge in [-0.3, -0.25) is 4.79 Å². The van der Waals surface area contributed by atoms with Crippen LogP contribution in [0.5, 0.6) is 0 Å². The molecule has 0 atom stereocenters. The van der Waals surface area contributed by atoms with E-state index in [1.54, 1.807) is 26.0 Å². The molecule has 0 saturated heterocycles. The number of carbonyl (C=O) groups excluding carboxylic acids is 1. The lowest BCUT2D eigenvalue weighted by atomic mass is 10.1. The van der Waals surface area contributed by atoms with E-state index in [2.05, 4.69) is 5.32 Å². The summed E-state index contributed by atoms with van der Waals surface area (Å²) in [7, 11) is -3.80. The smallest absolute Gasteiger partial charge is 0.254 e. The lowest BCUT2D eigenvalue weighted by Crippen LogP contribution is -2.31. The number of halogens is 2. The van der Waals surface area contributed by atoms with Crippen LogP contribution in [0.1, 0.15) is 29.8 Å². The zero-order valence-corrected chi connectivity index (χ0v) is 16.0. The molecule has 5 nitrogen and oxygen atoms in total. The van der Waals surface area contributed by atoms with Crippen molar-refractivity contribution in [3.8, 4) is 0 Å². The number of nitrogens with zero attached hydrogens (tertiary/aromatic N) is 1. The molecule has 0 fully saturated rings. The molecule has 0 heterocycles. The molecule has 8 heteroatoms. The van der Waals surface area contributed by atoms with Gasteiger partial charge in [0, 0.05) is 19.6 Å². The molecular formula is C19H22F2N2O3S. The third kappa shape index (κ3) is 5.11. The third-order valence-electron chi connectivity index (χ3n) is 4.11. The van der Waals surface area contributed by atoms with Gasteiger partial charge in [0.2, 0.25) is 10.0 Å². The first-order valence-electron chi connectivity index (χ1n) is 8.62. The standard InChI is InChI=1S/C19H22F2N2O3S/c1-3-23(4-2)27(25,26)16-8-9-18(21)17(13-16)19(24)22-11-10-14-6-5-7-15(20)12-14/h5-9,12-13H,3-4,10-11H2,1-2H3,(H,22,24). The highest BCUT2D eigenvalue weighted by Gasteiger charge is 2.24. The number of benzene rings is 2. The molecule has 0 radical (unpaired) electrons. The Morgan fingerprint density at radius 3 is 2.41 bits per heavy atom. The van der Waals surface area contributed by atoms with E-state index in [-0.39, 0.29) is 35.9 Å². The van der Waals surface area contributed by atoms with Crippen LogP contribution >= 0.6 is 0 Å². The number of carbonyl (C=O) groups is 1. The number of hydrogen-bond acceptors (Lipinski definition) is 3. The van der Waals surface area contributed by atoms with Gasteiger partial charge in [-0.2, -0.15) is 4.31 Å². The van der Waals surface area contributed by atoms with Gasteiger partial charge >= 0.3 is 0 Å². The fourth-order valence-corrected chi connectivity index (χ4v) is 4.14. The van der Waals surface area contributed by atoms with E-state index >= 15 is 0 Å². The quantitative estimate of drug-likeness (QED) is 0.746. The van der Waals surface area contributed by atoms with Gasteiger partial charge in [0.1, 0.15) is 11.6 Å². The normalized spacial score (nSPS) is 11.6. The third-order valence-corrected chi connectivity index (χ3v) is 6.16. The van der Waals surface area contributed by atoms with Crippen LogP contribution in [0.4, 0.5) is 8.78 Å². The topological polar surface area (TPSA) is 66.5 Å². The van der Waals surface area contributed by atoms with Gasteiger partial charge in [-0.25, -0.2) is 17.2 Å². The zero-order valence-electron chi connectivity index (χ0n) is 15.2. The van der Waals surface area contributed by atoms with Crippen molar-refractivity contribution in [2.24, 2.45) is 0 Å². The molecule has 146 valence electrons. The molecular weight excluding hydrogens is 374 g/mol. The van der Waals surface area contributed by atoms with Crippen LogP contribution in [0.15, 0.2) is 47.4 Å². The molecule has 0 aliphatic carbocycles. The Morgan fingerprint density at radius 2 is 1.78 bits per heavy atom. The van der Waals surface area contributed by atoms with E-state index in [1.807, 2.05) is 0 Å². The lowest BCUT2D eigenvalue weighted by Gasteiger charge is -2.19. The fourth-order valence-electron chi connectivity index (χ4n) is 2.66. The maximum Gasteiger partial charge on any atom is 0.254 e. The Morgan fingerprint density at radius 1 is 1.07 bits per heavy atom. The minimum atomic E-state index is -3.80. The number of amides is 1. The number of rotatable bonds is 8.